The number of carboxylic acid groups (broad SMARTS) is 1. The number of ether oxygens (including phenoxy) is 2. The molecule has 0 saturated heterocycles. The zero-order valence-electron chi connectivity index (χ0n) is 9.49. The maximum atomic E-state index is 11.1. The average molecular weight is 216 g/mol. The van der Waals surface area contributed by atoms with Crippen molar-refractivity contribution in [3.8, 4) is 0 Å². The first kappa shape index (κ1) is 12.5. The van der Waals surface area contributed by atoms with Gasteiger partial charge < -0.3 is 14.6 Å². The Hall–Kier alpha value is -0.610. The maximum absolute atomic E-state index is 11.1. The molecule has 0 aromatic rings. The van der Waals surface area contributed by atoms with Gasteiger partial charge in [0.2, 0.25) is 0 Å². The van der Waals surface area contributed by atoms with Crippen molar-refractivity contribution in [3.63, 3.8) is 0 Å². The topological polar surface area (TPSA) is 55.8 Å². The summed E-state index contributed by atoms with van der Waals surface area (Å²) in [6.07, 6.45) is 4.76. The second-order valence-corrected chi connectivity index (χ2v) is 4.30. The van der Waals surface area contributed by atoms with E-state index in [-0.39, 0.29) is 6.10 Å². The molecule has 4 heteroatoms. The van der Waals surface area contributed by atoms with Crippen LogP contribution < -0.4 is 0 Å². The molecule has 0 aliphatic heterocycles. The summed E-state index contributed by atoms with van der Waals surface area (Å²) in [5.74, 6) is -0.897. The van der Waals surface area contributed by atoms with Crippen LogP contribution in [0.15, 0.2) is 0 Å². The summed E-state index contributed by atoms with van der Waals surface area (Å²) < 4.78 is 10.6. The molecule has 88 valence electrons. The molecule has 0 radical (unpaired) electrons. The van der Waals surface area contributed by atoms with E-state index >= 15 is 0 Å². The van der Waals surface area contributed by atoms with Crippen LogP contribution in [0.4, 0.5) is 0 Å². The summed E-state index contributed by atoms with van der Waals surface area (Å²) in [5, 5.41) is 9.14. The van der Waals surface area contributed by atoms with E-state index < -0.39 is 11.6 Å². The molecule has 1 rings (SSSR count). The molecule has 1 atom stereocenters. The summed E-state index contributed by atoms with van der Waals surface area (Å²) in [6.45, 7) is 2.04. The van der Waals surface area contributed by atoms with Gasteiger partial charge in [0.1, 0.15) is 0 Å². The standard InChI is InChI=1S/C11H20O4/c1-11(10(12)13,7-8-14-2)15-9-5-3-4-6-9/h9H,3-8H2,1-2H3,(H,12,13). The lowest BCUT2D eigenvalue weighted by atomic mass is 10.0. The van der Waals surface area contributed by atoms with E-state index in [2.05, 4.69) is 0 Å². The number of hydrogen-bond donors (Lipinski definition) is 1. The Bertz CT molecular complexity index is 211. The second-order valence-electron chi connectivity index (χ2n) is 4.30. The minimum atomic E-state index is -1.09. The van der Waals surface area contributed by atoms with E-state index in [0.29, 0.717) is 13.0 Å². The van der Waals surface area contributed by atoms with Crippen molar-refractivity contribution in [1.82, 2.24) is 0 Å². The van der Waals surface area contributed by atoms with Gasteiger partial charge in [0.25, 0.3) is 0 Å². The molecule has 4 nitrogen and oxygen atoms in total. The fraction of sp³-hybridized carbons (Fsp3) is 0.909. The first-order chi connectivity index (χ1) is 7.08. The van der Waals surface area contributed by atoms with Crippen LogP contribution in [0.2, 0.25) is 0 Å². The quantitative estimate of drug-likeness (QED) is 0.736. The smallest absolute Gasteiger partial charge is 0.335 e. The zero-order chi connectivity index (χ0) is 11.3. The van der Waals surface area contributed by atoms with Crippen molar-refractivity contribution in [1.29, 1.82) is 0 Å². The van der Waals surface area contributed by atoms with E-state index in [9.17, 15) is 4.79 Å². The molecule has 15 heavy (non-hydrogen) atoms. The minimum Gasteiger partial charge on any atom is -0.479 e. The average Bonchev–Trinajstić information content (AvgIpc) is 2.67. The van der Waals surface area contributed by atoms with Gasteiger partial charge in [-0.2, -0.15) is 0 Å². The van der Waals surface area contributed by atoms with Crippen molar-refractivity contribution < 1.29 is 19.4 Å². The van der Waals surface area contributed by atoms with Gasteiger partial charge >= 0.3 is 5.97 Å². The lowest BCUT2D eigenvalue weighted by Gasteiger charge is -2.28. The molecule has 0 amide bonds. The van der Waals surface area contributed by atoms with Gasteiger partial charge in [-0.05, 0) is 19.8 Å². The molecule has 1 N–H and O–H groups in total. The molecular weight excluding hydrogens is 196 g/mol. The molecule has 0 bridgehead atoms. The molecular formula is C11H20O4. The Labute approximate surface area is 90.6 Å². The number of aliphatic carboxylic acids is 1. The maximum Gasteiger partial charge on any atom is 0.335 e. The SMILES string of the molecule is COCCC(C)(OC1CCCC1)C(=O)O. The van der Waals surface area contributed by atoms with Crippen LogP contribution in [0.3, 0.4) is 0 Å². The number of methoxy groups -OCH3 is 1. The third-order valence-electron chi connectivity index (χ3n) is 2.96. The van der Waals surface area contributed by atoms with Gasteiger partial charge in [-0.25, -0.2) is 4.79 Å². The van der Waals surface area contributed by atoms with Gasteiger partial charge in [0.15, 0.2) is 5.60 Å². The first-order valence-electron chi connectivity index (χ1n) is 5.48. The molecule has 0 aromatic carbocycles. The molecule has 1 saturated carbocycles. The summed E-state index contributed by atoms with van der Waals surface area (Å²) in [7, 11) is 1.57. The molecule has 0 aromatic heterocycles. The highest BCUT2D eigenvalue weighted by molar-refractivity contribution is 5.76. The molecule has 1 fully saturated rings. The van der Waals surface area contributed by atoms with Crippen LogP contribution in [0, 0.1) is 0 Å². The van der Waals surface area contributed by atoms with E-state index in [1.165, 1.54) is 0 Å². The molecule has 0 heterocycles. The number of rotatable bonds is 6. The predicted octanol–water partition coefficient (Wildman–Crippen LogP) is 1.83. The van der Waals surface area contributed by atoms with Crippen molar-refractivity contribution in [2.24, 2.45) is 0 Å². The Balaban J connectivity index is 2.51. The first-order valence-corrected chi connectivity index (χ1v) is 5.48. The number of hydrogen-bond acceptors (Lipinski definition) is 3. The summed E-state index contributed by atoms with van der Waals surface area (Å²) in [6, 6.07) is 0. The van der Waals surface area contributed by atoms with Crippen LogP contribution in [0.25, 0.3) is 0 Å². The minimum absolute atomic E-state index is 0.114. The van der Waals surface area contributed by atoms with Gasteiger partial charge in [-0.15, -0.1) is 0 Å². The summed E-state index contributed by atoms with van der Waals surface area (Å²) in [5.41, 5.74) is -1.09. The number of carbonyl (C=O) groups is 1. The Kier molecular flexibility index (Phi) is 4.54. The molecule has 1 unspecified atom stereocenters. The highest BCUT2D eigenvalue weighted by Crippen LogP contribution is 2.27. The summed E-state index contributed by atoms with van der Waals surface area (Å²) in [4.78, 5) is 11.1. The highest BCUT2D eigenvalue weighted by atomic mass is 16.5. The highest BCUT2D eigenvalue weighted by Gasteiger charge is 2.37. The van der Waals surface area contributed by atoms with Gasteiger partial charge in [-0.3, -0.25) is 0 Å². The largest absolute Gasteiger partial charge is 0.479 e. The third kappa shape index (κ3) is 3.47. The normalized spacial score (nSPS) is 21.5. The van der Waals surface area contributed by atoms with Crippen molar-refractivity contribution >= 4 is 5.97 Å². The third-order valence-corrected chi connectivity index (χ3v) is 2.96. The lowest BCUT2D eigenvalue weighted by Crippen LogP contribution is -2.42. The Morgan fingerprint density at radius 2 is 2.07 bits per heavy atom. The van der Waals surface area contributed by atoms with E-state index in [0.717, 1.165) is 25.7 Å². The lowest BCUT2D eigenvalue weighted by molar-refractivity contribution is -0.173. The van der Waals surface area contributed by atoms with Crippen molar-refractivity contribution in [2.75, 3.05) is 13.7 Å². The monoisotopic (exact) mass is 216 g/mol. The Morgan fingerprint density at radius 3 is 2.53 bits per heavy atom. The Morgan fingerprint density at radius 1 is 1.47 bits per heavy atom. The van der Waals surface area contributed by atoms with E-state index in [4.69, 9.17) is 14.6 Å². The van der Waals surface area contributed by atoms with Crippen molar-refractivity contribution in [2.45, 2.75) is 50.7 Å². The van der Waals surface area contributed by atoms with Gasteiger partial charge in [0, 0.05) is 20.1 Å². The second kappa shape index (κ2) is 5.47. The van der Waals surface area contributed by atoms with Crippen LogP contribution in [-0.2, 0) is 14.3 Å². The zero-order valence-corrected chi connectivity index (χ0v) is 9.49. The van der Waals surface area contributed by atoms with Crippen molar-refractivity contribution in [3.05, 3.63) is 0 Å². The fourth-order valence-electron chi connectivity index (χ4n) is 1.89. The molecule has 1 aliphatic carbocycles. The van der Waals surface area contributed by atoms with Crippen LogP contribution in [0.1, 0.15) is 39.0 Å². The number of carboxylic acids is 1. The molecule has 1 aliphatic rings. The van der Waals surface area contributed by atoms with Gasteiger partial charge in [0.05, 0.1) is 6.10 Å². The predicted molar refractivity (Wildman–Crippen MR) is 55.9 cm³/mol. The van der Waals surface area contributed by atoms with E-state index in [1.807, 2.05) is 0 Å². The van der Waals surface area contributed by atoms with Crippen LogP contribution in [-0.4, -0.2) is 36.5 Å². The fourth-order valence-corrected chi connectivity index (χ4v) is 1.89. The summed E-state index contributed by atoms with van der Waals surface area (Å²) >= 11 is 0. The molecule has 0 spiro atoms. The van der Waals surface area contributed by atoms with Crippen LogP contribution >= 0.6 is 0 Å². The van der Waals surface area contributed by atoms with Gasteiger partial charge in [-0.1, -0.05) is 12.8 Å². The van der Waals surface area contributed by atoms with Crippen LogP contribution in [0.5, 0.6) is 0 Å². The van der Waals surface area contributed by atoms with E-state index in [1.54, 1.807) is 14.0 Å².